The van der Waals surface area contributed by atoms with Crippen molar-refractivity contribution in [3.05, 3.63) is 142 Å². The van der Waals surface area contributed by atoms with Crippen LogP contribution < -0.4 is 5.32 Å². The molecule has 1 saturated heterocycles. The summed E-state index contributed by atoms with van der Waals surface area (Å²) in [4.78, 5) is 45.0. The van der Waals surface area contributed by atoms with E-state index in [2.05, 4.69) is 21.2 Å². The number of hydrogen-bond acceptors (Lipinski definition) is 3. The lowest BCUT2D eigenvalue weighted by Crippen LogP contribution is -2.49. The van der Waals surface area contributed by atoms with Gasteiger partial charge in [0.2, 0.25) is 5.91 Å². The minimum Gasteiger partial charge on any atom is -0.354 e. The Bertz CT molecular complexity index is 1540. The summed E-state index contributed by atoms with van der Waals surface area (Å²) in [6, 6.07) is 34.2. The summed E-state index contributed by atoms with van der Waals surface area (Å²) in [6.07, 6.45) is 2.19. The Balaban J connectivity index is 1.57. The number of Topliss-reactive ketones (excluding diaryl/α,β-unsaturated/α-hetero) is 1. The lowest BCUT2D eigenvalue weighted by atomic mass is 9.76. The number of ketones is 1. The predicted molar refractivity (Wildman–Crippen MR) is 162 cm³/mol. The highest BCUT2D eigenvalue weighted by Crippen LogP contribution is 2.52. The maximum atomic E-state index is 14.5. The molecule has 2 aliphatic rings. The molecule has 1 aliphatic heterocycles. The molecule has 4 aromatic rings. The smallest absolute Gasteiger partial charge is 0.255 e. The van der Waals surface area contributed by atoms with Gasteiger partial charge in [0, 0.05) is 28.1 Å². The fourth-order valence-electron chi connectivity index (χ4n) is 6.08. The molecule has 6 heteroatoms. The maximum absolute atomic E-state index is 14.5. The minimum absolute atomic E-state index is 0.0853. The second-order valence-corrected chi connectivity index (χ2v) is 11.8. The number of carbonyl (C=O) groups is 3. The number of halogens is 1. The SMILES string of the molecule is O=C(c1ccccc1)C1C(c2ccccc2)C(C(=O)NCC2CC2)N(C(=O)c2cccc(Br)c2)C1c1ccccc1. The Morgan fingerprint density at radius 3 is 1.93 bits per heavy atom. The Labute approximate surface area is 248 Å². The van der Waals surface area contributed by atoms with Crippen LogP contribution in [-0.4, -0.2) is 35.1 Å². The third kappa shape index (κ3) is 5.62. The molecule has 4 aromatic carbocycles. The molecule has 2 fully saturated rings. The summed E-state index contributed by atoms with van der Waals surface area (Å²) in [6.45, 7) is 0.572. The number of hydrogen-bond donors (Lipinski definition) is 1. The number of carbonyl (C=O) groups excluding carboxylic acids is 3. The first-order valence-electron chi connectivity index (χ1n) is 14.1. The van der Waals surface area contributed by atoms with E-state index in [0.717, 1.165) is 28.4 Å². The first-order valence-corrected chi connectivity index (χ1v) is 14.9. The highest BCUT2D eigenvalue weighted by molar-refractivity contribution is 9.10. The second kappa shape index (κ2) is 11.8. The number of likely N-dealkylation sites (tertiary alicyclic amines) is 1. The molecular formula is C35H31BrN2O3. The van der Waals surface area contributed by atoms with Gasteiger partial charge < -0.3 is 10.2 Å². The van der Waals surface area contributed by atoms with Gasteiger partial charge in [-0.05, 0) is 48.1 Å². The van der Waals surface area contributed by atoms with Crippen LogP contribution in [0.1, 0.15) is 56.6 Å². The largest absolute Gasteiger partial charge is 0.354 e. The molecule has 0 aromatic heterocycles. The van der Waals surface area contributed by atoms with Crippen molar-refractivity contribution < 1.29 is 14.4 Å². The van der Waals surface area contributed by atoms with E-state index in [4.69, 9.17) is 0 Å². The van der Waals surface area contributed by atoms with Crippen LogP contribution in [0.2, 0.25) is 0 Å². The van der Waals surface area contributed by atoms with E-state index in [1.54, 1.807) is 17.0 Å². The highest BCUT2D eigenvalue weighted by Gasteiger charge is 2.57. The van der Waals surface area contributed by atoms with Gasteiger partial charge in [-0.2, -0.15) is 0 Å². The fraction of sp³-hybridized carbons (Fsp3) is 0.229. The molecule has 1 saturated carbocycles. The summed E-state index contributed by atoms with van der Waals surface area (Å²) in [7, 11) is 0. The van der Waals surface area contributed by atoms with Crippen molar-refractivity contribution in [2.45, 2.75) is 30.8 Å². The average molecular weight is 608 g/mol. The Kier molecular flexibility index (Phi) is 7.84. The zero-order valence-corrected chi connectivity index (χ0v) is 24.1. The standard InChI is InChI=1S/C35H31BrN2O3/c36-28-18-10-17-27(21-28)35(41)38-31(25-13-6-2-7-14-25)30(33(39)26-15-8-3-9-16-26)29(24-11-4-1-5-12-24)32(38)34(40)37-22-23-19-20-23/h1-18,21,23,29-32H,19-20,22H2,(H,37,40). The van der Waals surface area contributed by atoms with Crippen LogP contribution in [0.5, 0.6) is 0 Å². The van der Waals surface area contributed by atoms with E-state index in [1.165, 1.54) is 0 Å². The zero-order chi connectivity index (χ0) is 28.3. The molecule has 6 rings (SSSR count). The third-order valence-corrected chi connectivity index (χ3v) is 8.68. The summed E-state index contributed by atoms with van der Waals surface area (Å²) in [5, 5.41) is 3.15. The molecule has 0 spiro atoms. The number of nitrogens with one attached hydrogen (secondary N) is 1. The topological polar surface area (TPSA) is 66.5 Å². The first-order chi connectivity index (χ1) is 20.0. The molecule has 1 heterocycles. The van der Waals surface area contributed by atoms with E-state index in [0.29, 0.717) is 23.6 Å². The molecular weight excluding hydrogens is 576 g/mol. The normalized spacial score (nSPS) is 21.8. The van der Waals surface area contributed by atoms with E-state index in [1.807, 2.05) is 103 Å². The van der Waals surface area contributed by atoms with Gasteiger partial charge in [-0.25, -0.2) is 0 Å². The van der Waals surface area contributed by atoms with Crippen molar-refractivity contribution >= 4 is 33.5 Å². The number of nitrogens with zero attached hydrogens (tertiary/aromatic N) is 1. The summed E-state index contributed by atoms with van der Waals surface area (Å²) in [5.41, 5.74) is 2.70. The minimum atomic E-state index is -0.884. The molecule has 0 bridgehead atoms. The van der Waals surface area contributed by atoms with Crippen LogP contribution in [-0.2, 0) is 4.79 Å². The van der Waals surface area contributed by atoms with Gasteiger partial charge in [-0.15, -0.1) is 0 Å². The van der Waals surface area contributed by atoms with E-state index in [-0.39, 0.29) is 17.6 Å². The van der Waals surface area contributed by atoms with Crippen molar-refractivity contribution in [2.75, 3.05) is 6.54 Å². The summed E-state index contributed by atoms with van der Waals surface area (Å²) >= 11 is 3.50. The van der Waals surface area contributed by atoms with Gasteiger partial charge in [-0.1, -0.05) is 113 Å². The quantitative estimate of drug-likeness (QED) is 0.224. The van der Waals surface area contributed by atoms with Gasteiger partial charge in [0.05, 0.1) is 12.0 Å². The van der Waals surface area contributed by atoms with Crippen molar-refractivity contribution in [3.8, 4) is 0 Å². The van der Waals surface area contributed by atoms with Crippen molar-refractivity contribution in [3.63, 3.8) is 0 Å². The van der Waals surface area contributed by atoms with Crippen LogP contribution in [0.15, 0.2) is 120 Å². The molecule has 206 valence electrons. The lowest BCUT2D eigenvalue weighted by Gasteiger charge is -2.32. The van der Waals surface area contributed by atoms with Gasteiger partial charge in [0.1, 0.15) is 6.04 Å². The number of rotatable bonds is 8. The molecule has 4 atom stereocenters. The van der Waals surface area contributed by atoms with Crippen LogP contribution in [0, 0.1) is 11.8 Å². The van der Waals surface area contributed by atoms with Crippen molar-refractivity contribution in [1.29, 1.82) is 0 Å². The van der Waals surface area contributed by atoms with Crippen LogP contribution in [0.4, 0.5) is 0 Å². The molecule has 2 amide bonds. The van der Waals surface area contributed by atoms with Crippen molar-refractivity contribution in [1.82, 2.24) is 10.2 Å². The Morgan fingerprint density at radius 1 is 0.732 bits per heavy atom. The molecule has 4 unspecified atom stereocenters. The summed E-state index contributed by atoms with van der Waals surface area (Å²) < 4.78 is 0.769. The van der Waals surface area contributed by atoms with Crippen LogP contribution >= 0.6 is 15.9 Å². The van der Waals surface area contributed by atoms with E-state index in [9.17, 15) is 14.4 Å². The van der Waals surface area contributed by atoms with Gasteiger partial charge in [0.25, 0.3) is 5.91 Å². The fourth-order valence-corrected chi connectivity index (χ4v) is 6.48. The zero-order valence-electron chi connectivity index (χ0n) is 22.5. The van der Waals surface area contributed by atoms with Gasteiger partial charge in [-0.3, -0.25) is 14.4 Å². The number of amides is 2. The second-order valence-electron chi connectivity index (χ2n) is 10.9. The predicted octanol–water partition coefficient (Wildman–Crippen LogP) is 6.82. The van der Waals surface area contributed by atoms with Gasteiger partial charge >= 0.3 is 0 Å². The molecule has 1 aliphatic carbocycles. The molecule has 1 N–H and O–H groups in total. The summed E-state index contributed by atoms with van der Waals surface area (Å²) in [5.74, 6) is -1.36. The molecule has 5 nitrogen and oxygen atoms in total. The highest BCUT2D eigenvalue weighted by atomic mass is 79.9. The Morgan fingerprint density at radius 2 is 1.32 bits per heavy atom. The lowest BCUT2D eigenvalue weighted by molar-refractivity contribution is -0.125. The molecule has 41 heavy (non-hydrogen) atoms. The van der Waals surface area contributed by atoms with E-state index >= 15 is 0 Å². The average Bonchev–Trinajstić information content (AvgIpc) is 3.79. The first kappa shape index (κ1) is 27.2. The maximum Gasteiger partial charge on any atom is 0.255 e. The Hall–Kier alpha value is -4.03. The van der Waals surface area contributed by atoms with Crippen LogP contribution in [0.25, 0.3) is 0 Å². The van der Waals surface area contributed by atoms with E-state index < -0.39 is 23.9 Å². The van der Waals surface area contributed by atoms with Crippen molar-refractivity contribution in [2.24, 2.45) is 11.8 Å². The van der Waals surface area contributed by atoms with Gasteiger partial charge in [0.15, 0.2) is 5.78 Å². The molecule has 0 radical (unpaired) electrons. The monoisotopic (exact) mass is 606 g/mol. The third-order valence-electron chi connectivity index (χ3n) is 8.19. The van der Waals surface area contributed by atoms with Crippen LogP contribution in [0.3, 0.4) is 0 Å². The number of benzene rings is 4.